The van der Waals surface area contributed by atoms with E-state index in [1.54, 1.807) is 6.08 Å². The predicted octanol–water partition coefficient (Wildman–Crippen LogP) is 2.24. The maximum Gasteiger partial charge on any atom is 0.384 e. The first kappa shape index (κ1) is 17.0. The molecule has 0 spiro atoms. The highest BCUT2D eigenvalue weighted by Crippen LogP contribution is 2.39. The molecule has 0 radical (unpaired) electrons. The first-order valence-electron chi connectivity index (χ1n) is 6.70. The molecule has 0 amide bonds. The minimum atomic E-state index is -1.89. The summed E-state index contributed by atoms with van der Waals surface area (Å²) >= 11 is 0. The molecule has 1 N–H and O–H groups in total. The summed E-state index contributed by atoms with van der Waals surface area (Å²) in [5, 5.41) is 10.4. The molecule has 0 aliphatic heterocycles. The van der Waals surface area contributed by atoms with E-state index in [4.69, 9.17) is 4.43 Å². The number of carbonyl (C=O) groups is 1. The quantitative estimate of drug-likeness (QED) is 0.279. The van der Waals surface area contributed by atoms with Crippen LogP contribution in [0.15, 0.2) is 12.2 Å². The molecule has 0 saturated carbocycles. The van der Waals surface area contributed by atoms with Crippen molar-refractivity contribution < 1.29 is 19.1 Å². The molecule has 0 bridgehead atoms. The van der Waals surface area contributed by atoms with E-state index in [1.807, 2.05) is 6.08 Å². The molecule has 2 atom stereocenters. The van der Waals surface area contributed by atoms with E-state index >= 15 is 0 Å². The van der Waals surface area contributed by atoms with Crippen molar-refractivity contribution >= 4 is 14.3 Å². The molecule has 1 aliphatic rings. The number of rotatable bonds is 2. The molecule has 2 unspecified atom stereocenters. The number of hydrogen-bond acceptors (Lipinski definition) is 4. The van der Waals surface area contributed by atoms with Crippen LogP contribution in [-0.4, -0.2) is 38.2 Å². The van der Waals surface area contributed by atoms with Crippen LogP contribution in [0.2, 0.25) is 18.1 Å². The van der Waals surface area contributed by atoms with Gasteiger partial charge in [0, 0.05) is 12.3 Å². The lowest BCUT2D eigenvalue weighted by Crippen LogP contribution is -2.44. The second-order valence-electron chi connectivity index (χ2n) is 6.65. The van der Waals surface area contributed by atoms with Crippen LogP contribution in [0.1, 0.15) is 27.2 Å². The molecule has 20 heavy (non-hydrogen) atoms. The van der Waals surface area contributed by atoms with E-state index in [-0.39, 0.29) is 11.1 Å². The molecule has 0 aromatic heterocycles. The Hall–Kier alpha value is -1.09. The van der Waals surface area contributed by atoms with Crippen molar-refractivity contribution in [1.82, 2.24) is 0 Å². The van der Waals surface area contributed by atoms with E-state index in [0.29, 0.717) is 6.42 Å². The average molecular weight is 296 g/mol. The summed E-state index contributed by atoms with van der Waals surface area (Å²) < 4.78 is 10.6. The fraction of sp³-hybridized carbons (Fsp3) is 0.667. The lowest BCUT2D eigenvalue weighted by molar-refractivity contribution is -0.133. The van der Waals surface area contributed by atoms with Crippen molar-refractivity contribution in [3.63, 3.8) is 0 Å². The fourth-order valence-electron chi connectivity index (χ4n) is 1.65. The van der Waals surface area contributed by atoms with Gasteiger partial charge in [0.25, 0.3) is 0 Å². The summed E-state index contributed by atoms with van der Waals surface area (Å²) in [7, 11) is -0.627. The molecule has 112 valence electrons. The minimum absolute atomic E-state index is 0.110. The lowest BCUT2D eigenvalue weighted by atomic mass is 10.0. The number of hydrogen-bond donors (Lipinski definition) is 1. The molecular weight excluding hydrogens is 272 g/mol. The Bertz CT molecular complexity index is 464. The Kier molecular flexibility index (Phi) is 4.85. The van der Waals surface area contributed by atoms with E-state index in [2.05, 4.69) is 50.4 Å². The summed E-state index contributed by atoms with van der Waals surface area (Å²) in [5.74, 6) is 4.16. The third-order valence-corrected chi connectivity index (χ3v) is 8.42. The van der Waals surface area contributed by atoms with Gasteiger partial charge < -0.3 is 14.3 Å². The standard InChI is InChI=1S/C15H24O4Si/c1-14(2,3)20(5,6)19-12-7-9-15(17,11-12)10-8-13(16)18-4/h7,9,12,17H,11H2,1-6H3. The van der Waals surface area contributed by atoms with Gasteiger partial charge in [-0.05, 0) is 24.2 Å². The van der Waals surface area contributed by atoms with Gasteiger partial charge in [0.15, 0.2) is 8.32 Å². The van der Waals surface area contributed by atoms with Crippen LogP contribution in [0.3, 0.4) is 0 Å². The van der Waals surface area contributed by atoms with Crippen molar-refractivity contribution in [1.29, 1.82) is 0 Å². The molecule has 0 aromatic rings. The van der Waals surface area contributed by atoms with Gasteiger partial charge >= 0.3 is 5.97 Å². The number of ether oxygens (including phenoxy) is 1. The fourth-order valence-corrected chi connectivity index (χ4v) is 2.92. The molecule has 4 nitrogen and oxygen atoms in total. The maximum atomic E-state index is 11.0. The van der Waals surface area contributed by atoms with Gasteiger partial charge in [-0.25, -0.2) is 4.79 Å². The first-order valence-corrected chi connectivity index (χ1v) is 9.61. The molecule has 0 saturated heterocycles. The second kappa shape index (κ2) is 5.72. The molecular formula is C15H24O4Si. The normalized spacial score (nSPS) is 26.1. The molecule has 0 fully saturated rings. The monoisotopic (exact) mass is 296 g/mol. The Morgan fingerprint density at radius 1 is 1.45 bits per heavy atom. The van der Waals surface area contributed by atoms with Gasteiger partial charge in [0.1, 0.15) is 5.60 Å². The SMILES string of the molecule is COC(=O)C#CC1(O)C=CC(O[Si](C)(C)C(C)(C)C)C1. The topological polar surface area (TPSA) is 55.8 Å². The smallest absolute Gasteiger partial charge is 0.384 e. The molecule has 1 rings (SSSR count). The summed E-state index contributed by atoms with van der Waals surface area (Å²) in [6.07, 6.45) is 3.62. The summed E-state index contributed by atoms with van der Waals surface area (Å²) in [6, 6.07) is 0. The predicted molar refractivity (Wildman–Crippen MR) is 80.6 cm³/mol. The number of carbonyl (C=O) groups excluding carboxylic acids is 1. The van der Waals surface area contributed by atoms with Gasteiger partial charge in [-0.3, -0.25) is 0 Å². The van der Waals surface area contributed by atoms with Crippen LogP contribution in [0.5, 0.6) is 0 Å². The van der Waals surface area contributed by atoms with Crippen molar-refractivity contribution in [2.75, 3.05) is 7.11 Å². The van der Waals surface area contributed by atoms with Crippen LogP contribution in [0, 0.1) is 11.8 Å². The minimum Gasteiger partial charge on any atom is -0.459 e. The Balaban J connectivity index is 2.71. The van der Waals surface area contributed by atoms with Crippen LogP contribution < -0.4 is 0 Å². The summed E-state index contributed by atoms with van der Waals surface area (Å²) in [6.45, 7) is 10.8. The van der Waals surface area contributed by atoms with E-state index in [1.165, 1.54) is 7.11 Å². The van der Waals surface area contributed by atoms with Gasteiger partial charge in [0.2, 0.25) is 0 Å². The van der Waals surface area contributed by atoms with Gasteiger partial charge in [-0.1, -0.05) is 32.8 Å². The number of methoxy groups -OCH3 is 1. The highest BCUT2D eigenvalue weighted by Gasteiger charge is 2.41. The van der Waals surface area contributed by atoms with Crippen molar-refractivity contribution in [2.24, 2.45) is 0 Å². The Morgan fingerprint density at radius 3 is 2.55 bits per heavy atom. The first-order chi connectivity index (χ1) is 8.99. The molecule has 0 aromatic carbocycles. The van der Waals surface area contributed by atoms with Crippen LogP contribution in [-0.2, 0) is 14.0 Å². The summed E-state index contributed by atoms with van der Waals surface area (Å²) in [4.78, 5) is 11.0. The maximum absolute atomic E-state index is 11.0. The van der Waals surface area contributed by atoms with Crippen molar-refractivity contribution in [3.8, 4) is 11.8 Å². The number of esters is 1. The number of aliphatic hydroxyl groups is 1. The molecule has 0 heterocycles. The molecule has 5 heteroatoms. The zero-order valence-electron chi connectivity index (χ0n) is 13.1. The summed E-state index contributed by atoms with van der Waals surface area (Å²) in [5.41, 5.74) is -1.30. The van der Waals surface area contributed by atoms with E-state index in [9.17, 15) is 9.90 Å². The largest absolute Gasteiger partial charge is 0.459 e. The highest BCUT2D eigenvalue weighted by atomic mass is 28.4. The van der Waals surface area contributed by atoms with Crippen molar-refractivity contribution in [3.05, 3.63) is 12.2 Å². The second-order valence-corrected chi connectivity index (χ2v) is 11.4. The van der Waals surface area contributed by atoms with Gasteiger partial charge in [0.05, 0.1) is 13.2 Å². The zero-order chi connectivity index (χ0) is 15.6. The lowest BCUT2D eigenvalue weighted by Gasteiger charge is -2.38. The third-order valence-electron chi connectivity index (χ3n) is 3.92. The van der Waals surface area contributed by atoms with E-state index < -0.39 is 19.9 Å². The Morgan fingerprint density at radius 2 is 2.05 bits per heavy atom. The van der Waals surface area contributed by atoms with Crippen LogP contribution in [0.4, 0.5) is 0 Å². The van der Waals surface area contributed by atoms with Crippen molar-refractivity contribution in [2.45, 2.75) is 57.0 Å². The third kappa shape index (κ3) is 4.20. The van der Waals surface area contributed by atoms with Gasteiger partial charge in [-0.15, -0.1) is 0 Å². The van der Waals surface area contributed by atoms with E-state index in [0.717, 1.165) is 0 Å². The molecule has 1 aliphatic carbocycles. The van der Waals surface area contributed by atoms with Crippen LogP contribution in [0.25, 0.3) is 0 Å². The zero-order valence-corrected chi connectivity index (χ0v) is 14.1. The average Bonchev–Trinajstić information content (AvgIpc) is 2.66. The van der Waals surface area contributed by atoms with Gasteiger partial charge in [-0.2, -0.15) is 0 Å². The van der Waals surface area contributed by atoms with Crippen LogP contribution >= 0.6 is 0 Å². The highest BCUT2D eigenvalue weighted by molar-refractivity contribution is 6.74. The Labute approximate surface area is 122 Å².